The van der Waals surface area contributed by atoms with Crippen LogP contribution in [0.15, 0.2) is 0 Å². The van der Waals surface area contributed by atoms with Crippen LogP contribution < -0.4 is 0 Å². The van der Waals surface area contributed by atoms with Gasteiger partial charge in [0.05, 0.1) is 0 Å². The molecule has 3 nitrogen and oxygen atoms in total. The fourth-order valence-electron chi connectivity index (χ4n) is 3.56. The summed E-state index contributed by atoms with van der Waals surface area (Å²) in [5, 5.41) is 0. The highest BCUT2D eigenvalue weighted by Gasteiger charge is 2.42. The van der Waals surface area contributed by atoms with E-state index < -0.39 is 0 Å². The van der Waals surface area contributed by atoms with Gasteiger partial charge < -0.3 is 14.4 Å². The van der Waals surface area contributed by atoms with Gasteiger partial charge in [-0.15, -0.1) is 0 Å². The standard InChI is InChI=1S/C15H24O3/c1-11(16)8-14-6-4-5-7-15(14,9-12(2)17)10-13(3)18/h14H,4-10H2,1-3H3. The molecule has 0 radical (unpaired) electrons. The number of ketones is 3. The summed E-state index contributed by atoms with van der Waals surface area (Å²) in [6.45, 7) is 4.77. The fraction of sp³-hybridized carbons (Fsp3) is 0.800. The second kappa shape index (κ2) is 6.26. The minimum atomic E-state index is -0.248. The maximum Gasteiger partial charge on any atom is 0.130 e. The summed E-state index contributed by atoms with van der Waals surface area (Å²) in [5.41, 5.74) is -0.248. The Kier molecular flexibility index (Phi) is 5.24. The van der Waals surface area contributed by atoms with Crippen LogP contribution in [0.25, 0.3) is 0 Å². The summed E-state index contributed by atoms with van der Waals surface area (Å²) >= 11 is 0. The van der Waals surface area contributed by atoms with Crippen molar-refractivity contribution in [3.05, 3.63) is 0 Å². The molecule has 0 aromatic heterocycles. The van der Waals surface area contributed by atoms with Gasteiger partial charge in [-0.25, -0.2) is 0 Å². The van der Waals surface area contributed by atoms with Gasteiger partial charge in [0.15, 0.2) is 0 Å². The Balaban J connectivity index is 2.96. The predicted molar refractivity (Wildman–Crippen MR) is 70.3 cm³/mol. The van der Waals surface area contributed by atoms with Crippen molar-refractivity contribution in [2.24, 2.45) is 11.3 Å². The molecule has 0 aromatic carbocycles. The minimum Gasteiger partial charge on any atom is -0.300 e. The summed E-state index contributed by atoms with van der Waals surface area (Å²) in [4.78, 5) is 34.5. The largest absolute Gasteiger partial charge is 0.300 e. The molecule has 0 saturated heterocycles. The Morgan fingerprint density at radius 3 is 1.94 bits per heavy atom. The van der Waals surface area contributed by atoms with Gasteiger partial charge in [-0.3, -0.25) is 0 Å². The predicted octanol–water partition coefficient (Wildman–Crippen LogP) is 3.10. The molecule has 1 aliphatic carbocycles. The third kappa shape index (κ3) is 4.04. The molecule has 0 heterocycles. The smallest absolute Gasteiger partial charge is 0.130 e. The van der Waals surface area contributed by atoms with Gasteiger partial charge in [0.2, 0.25) is 0 Å². The van der Waals surface area contributed by atoms with Crippen LogP contribution in [0.5, 0.6) is 0 Å². The van der Waals surface area contributed by atoms with Gasteiger partial charge >= 0.3 is 0 Å². The molecular weight excluding hydrogens is 228 g/mol. The van der Waals surface area contributed by atoms with Crippen molar-refractivity contribution >= 4 is 17.3 Å². The first-order valence-corrected chi connectivity index (χ1v) is 6.84. The minimum absolute atomic E-state index is 0.131. The van der Waals surface area contributed by atoms with E-state index in [1.807, 2.05) is 0 Å². The van der Waals surface area contributed by atoms with Crippen molar-refractivity contribution in [3.63, 3.8) is 0 Å². The highest BCUT2D eigenvalue weighted by molar-refractivity contribution is 5.81. The van der Waals surface area contributed by atoms with E-state index in [2.05, 4.69) is 0 Å². The number of carbonyl (C=O) groups is 3. The van der Waals surface area contributed by atoms with Crippen LogP contribution >= 0.6 is 0 Å². The van der Waals surface area contributed by atoms with E-state index in [9.17, 15) is 14.4 Å². The quantitative estimate of drug-likeness (QED) is 0.730. The van der Waals surface area contributed by atoms with E-state index in [1.54, 1.807) is 20.8 Å². The maximum absolute atomic E-state index is 11.5. The molecule has 0 N–H and O–H groups in total. The monoisotopic (exact) mass is 252 g/mol. The van der Waals surface area contributed by atoms with E-state index in [0.29, 0.717) is 19.3 Å². The summed E-state index contributed by atoms with van der Waals surface area (Å²) in [7, 11) is 0. The molecule has 1 fully saturated rings. The number of rotatable bonds is 6. The van der Waals surface area contributed by atoms with Gasteiger partial charge in [0.1, 0.15) is 17.3 Å². The molecule has 1 atom stereocenters. The second-order valence-electron chi connectivity index (χ2n) is 5.97. The highest BCUT2D eigenvalue weighted by Crippen LogP contribution is 2.48. The zero-order valence-electron chi connectivity index (χ0n) is 11.8. The number of carbonyl (C=O) groups excluding carboxylic acids is 3. The zero-order chi connectivity index (χ0) is 13.8. The van der Waals surface area contributed by atoms with Gasteiger partial charge in [-0.2, -0.15) is 0 Å². The maximum atomic E-state index is 11.5. The molecule has 102 valence electrons. The fourth-order valence-corrected chi connectivity index (χ4v) is 3.56. The lowest BCUT2D eigenvalue weighted by atomic mass is 9.60. The molecule has 0 bridgehead atoms. The molecule has 0 aromatic rings. The number of Topliss-reactive ketones (excluding diaryl/α,β-unsaturated/α-hetero) is 3. The summed E-state index contributed by atoms with van der Waals surface area (Å²) in [6, 6.07) is 0. The Bertz CT molecular complexity index is 328. The van der Waals surface area contributed by atoms with E-state index in [4.69, 9.17) is 0 Å². The normalized spacial score (nSPS) is 22.5. The van der Waals surface area contributed by atoms with E-state index >= 15 is 0 Å². The summed E-state index contributed by atoms with van der Waals surface area (Å²) in [5.74, 6) is 0.633. The Labute approximate surface area is 109 Å². The molecule has 3 heteroatoms. The third-order valence-electron chi connectivity index (χ3n) is 4.08. The van der Waals surface area contributed by atoms with Gasteiger partial charge in [0, 0.05) is 19.3 Å². The molecule has 0 spiro atoms. The molecule has 18 heavy (non-hydrogen) atoms. The first kappa shape index (κ1) is 15.1. The van der Waals surface area contributed by atoms with E-state index in [1.165, 1.54) is 0 Å². The molecular formula is C15H24O3. The van der Waals surface area contributed by atoms with Crippen molar-refractivity contribution in [2.75, 3.05) is 0 Å². The SMILES string of the molecule is CC(=O)CC1CCCCC1(CC(C)=O)CC(C)=O. The van der Waals surface area contributed by atoms with Crippen LogP contribution in [0.2, 0.25) is 0 Å². The van der Waals surface area contributed by atoms with Crippen LogP contribution in [-0.2, 0) is 14.4 Å². The summed E-state index contributed by atoms with van der Waals surface area (Å²) < 4.78 is 0. The second-order valence-corrected chi connectivity index (χ2v) is 5.97. The van der Waals surface area contributed by atoms with Gasteiger partial charge in [0.25, 0.3) is 0 Å². The van der Waals surface area contributed by atoms with Gasteiger partial charge in [-0.1, -0.05) is 12.8 Å². The molecule has 1 aliphatic rings. The molecule has 1 rings (SSSR count). The molecule has 1 saturated carbocycles. The lowest BCUT2D eigenvalue weighted by Crippen LogP contribution is -2.38. The lowest BCUT2D eigenvalue weighted by molar-refractivity contribution is -0.129. The number of hydrogen-bond donors (Lipinski definition) is 0. The Hall–Kier alpha value is -0.990. The van der Waals surface area contributed by atoms with Crippen LogP contribution in [0.4, 0.5) is 0 Å². The third-order valence-corrected chi connectivity index (χ3v) is 4.08. The Morgan fingerprint density at radius 2 is 1.50 bits per heavy atom. The zero-order valence-corrected chi connectivity index (χ0v) is 11.8. The first-order chi connectivity index (χ1) is 8.35. The average Bonchev–Trinajstić information content (AvgIpc) is 2.18. The van der Waals surface area contributed by atoms with Crippen molar-refractivity contribution in [1.29, 1.82) is 0 Å². The van der Waals surface area contributed by atoms with Crippen molar-refractivity contribution in [3.8, 4) is 0 Å². The van der Waals surface area contributed by atoms with Crippen LogP contribution in [0.1, 0.15) is 65.7 Å². The van der Waals surface area contributed by atoms with Gasteiger partial charge in [-0.05, 0) is 44.9 Å². The van der Waals surface area contributed by atoms with Crippen LogP contribution in [0, 0.1) is 11.3 Å². The first-order valence-electron chi connectivity index (χ1n) is 6.84. The lowest BCUT2D eigenvalue weighted by Gasteiger charge is -2.43. The molecule has 1 unspecified atom stereocenters. The topological polar surface area (TPSA) is 51.2 Å². The van der Waals surface area contributed by atoms with Crippen molar-refractivity contribution < 1.29 is 14.4 Å². The van der Waals surface area contributed by atoms with E-state index in [0.717, 1.165) is 25.7 Å². The number of hydrogen-bond acceptors (Lipinski definition) is 3. The Morgan fingerprint density at radius 1 is 0.944 bits per heavy atom. The highest BCUT2D eigenvalue weighted by atomic mass is 16.1. The van der Waals surface area contributed by atoms with Crippen molar-refractivity contribution in [2.45, 2.75) is 65.7 Å². The van der Waals surface area contributed by atoms with Crippen LogP contribution in [-0.4, -0.2) is 17.3 Å². The van der Waals surface area contributed by atoms with E-state index in [-0.39, 0.29) is 28.7 Å². The molecule has 0 amide bonds. The van der Waals surface area contributed by atoms with Crippen LogP contribution in [0.3, 0.4) is 0 Å². The average molecular weight is 252 g/mol. The summed E-state index contributed by atoms with van der Waals surface area (Å²) in [6.07, 6.45) is 5.46. The van der Waals surface area contributed by atoms with Crippen molar-refractivity contribution in [1.82, 2.24) is 0 Å². The molecule has 0 aliphatic heterocycles.